The van der Waals surface area contributed by atoms with Gasteiger partial charge in [-0.2, -0.15) is 0 Å². The lowest BCUT2D eigenvalue weighted by atomic mass is 10.0. The Hall–Kier alpha value is -1.31. The maximum atomic E-state index is 11.2. The molecule has 0 rings (SSSR count). The highest BCUT2D eigenvalue weighted by atomic mass is 16.6. The van der Waals surface area contributed by atoms with E-state index in [-0.39, 0.29) is 19.8 Å². The molecule has 0 spiro atoms. The van der Waals surface area contributed by atoms with Gasteiger partial charge < -0.3 is 29.2 Å². The average molecular weight is 300 g/mol. The van der Waals surface area contributed by atoms with Crippen molar-refractivity contribution in [2.45, 2.75) is 24.4 Å². The van der Waals surface area contributed by atoms with E-state index in [9.17, 15) is 9.90 Å². The number of aliphatic hydroxyl groups excluding tert-OH is 2. The van der Waals surface area contributed by atoms with E-state index in [1.807, 2.05) is 0 Å². The number of rotatable bonds is 14. The van der Waals surface area contributed by atoms with Crippen LogP contribution in [0, 0.1) is 0 Å². The maximum Gasteiger partial charge on any atom is 0.151 e. The lowest BCUT2D eigenvalue weighted by molar-refractivity contribution is -0.166. The van der Waals surface area contributed by atoms with Crippen LogP contribution in [0.3, 0.4) is 0 Å². The molecule has 120 valence electrons. The lowest BCUT2D eigenvalue weighted by Gasteiger charge is -2.32. The average Bonchev–Trinajstić information content (AvgIpc) is 2.51. The highest BCUT2D eigenvalue weighted by Gasteiger charge is 2.36. The number of carbonyl (C=O) groups excluding carboxylic acids is 1. The number of hydrogen-bond donors (Lipinski definition) is 2. The van der Waals surface area contributed by atoms with E-state index in [1.165, 1.54) is 18.2 Å². The molecule has 0 aromatic carbocycles. The van der Waals surface area contributed by atoms with Gasteiger partial charge in [0.15, 0.2) is 6.29 Å². The first-order chi connectivity index (χ1) is 10.2. The van der Waals surface area contributed by atoms with Crippen LogP contribution in [0.2, 0.25) is 0 Å². The molecule has 0 fully saturated rings. The summed E-state index contributed by atoms with van der Waals surface area (Å²) in [5, 5.41) is 19.0. The Morgan fingerprint density at radius 3 is 1.81 bits per heavy atom. The molecule has 0 heterocycles. The maximum absolute atomic E-state index is 11.2. The Labute approximate surface area is 125 Å². The molecule has 0 aromatic rings. The van der Waals surface area contributed by atoms with Crippen LogP contribution in [0.15, 0.2) is 38.0 Å². The third-order valence-corrected chi connectivity index (χ3v) is 2.57. The van der Waals surface area contributed by atoms with Gasteiger partial charge in [-0.15, -0.1) is 19.7 Å². The monoisotopic (exact) mass is 300 g/mol. The van der Waals surface area contributed by atoms with Crippen molar-refractivity contribution in [1.29, 1.82) is 0 Å². The van der Waals surface area contributed by atoms with Crippen LogP contribution in [0.25, 0.3) is 0 Å². The van der Waals surface area contributed by atoms with Crippen LogP contribution in [0.4, 0.5) is 0 Å². The van der Waals surface area contributed by atoms with Crippen LogP contribution >= 0.6 is 0 Å². The van der Waals surface area contributed by atoms with E-state index in [4.69, 9.17) is 19.3 Å². The summed E-state index contributed by atoms with van der Waals surface area (Å²) in [4.78, 5) is 11.2. The van der Waals surface area contributed by atoms with Gasteiger partial charge in [0.05, 0.1) is 26.4 Å². The molecule has 0 aliphatic rings. The summed E-state index contributed by atoms with van der Waals surface area (Å²) in [6, 6.07) is 0. The Balaban J connectivity index is 5.13. The summed E-state index contributed by atoms with van der Waals surface area (Å²) in [6.07, 6.45) is 0.985. The first-order valence-corrected chi connectivity index (χ1v) is 6.57. The summed E-state index contributed by atoms with van der Waals surface area (Å²) in [5.41, 5.74) is 0. The van der Waals surface area contributed by atoms with Gasteiger partial charge in [0.2, 0.25) is 0 Å². The van der Waals surface area contributed by atoms with Crippen molar-refractivity contribution in [1.82, 2.24) is 0 Å². The van der Waals surface area contributed by atoms with Gasteiger partial charge in [-0.3, -0.25) is 0 Å². The van der Waals surface area contributed by atoms with Gasteiger partial charge in [0.1, 0.15) is 24.4 Å². The van der Waals surface area contributed by atoms with Crippen LogP contribution in [-0.2, 0) is 19.0 Å². The number of aldehydes is 1. The molecule has 0 amide bonds. The van der Waals surface area contributed by atoms with Gasteiger partial charge >= 0.3 is 0 Å². The predicted octanol–water partition coefficient (Wildman–Crippen LogP) is 0.252. The molecule has 6 heteroatoms. The Bertz CT molecular complexity index is 317. The molecule has 2 N–H and O–H groups in total. The van der Waals surface area contributed by atoms with Crippen molar-refractivity contribution >= 4 is 6.29 Å². The molecule has 0 saturated carbocycles. The summed E-state index contributed by atoms with van der Waals surface area (Å²) >= 11 is 0. The van der Waals surface area contributed by atoms with Crippen LogP contribution in [0.1, 0.15) is 0 Å². The number of carbonyl (C=O) groups is 1. The molecule has 0 aromatic heterocycles. The Morgan fingerprint density at radius 2 is 1.38 bits per heavy atom. The Morgan fingerprint density at radius 1 is 0.905 bits per heavy atom. The molecular weight excluding hydrogens is 276 g/mol. The van der Waals surface area contributed by atoms with E-state index in [0.29, 0.717) is 6.29 Å². The largest absolute Gasteiger partial charge is 0.394 e. The van der Waals surface area contributed by atoms with Crippen molar-refractivity contribution in [3.05, 3.63) is 38.0 Å². The molecule has 6 nitrogen and oxygen atoms in total. The summed E-state index contributed by atoms with van der Waals surface area (Å²) in [6.45, 7) is 10.4. The van der Waals surface area contributed by atoms with Crippen LogP contribution in [0.5, 0.6) is 0 Å². The quantitative estimate of drug-likeness (QED) is 0.353. The smallest absolute Gasteiger partial charge is 0.151 e. The first-order valence-electron chi connectivity index (χ1n) is 6.57. The fraction of sp³-hybridized carbons (Fsp3) is 0.533. The van der Waals surface area contributed by atoms with Gasteiger partial charge in [0, 0.05) is 0 Å². The third-order valence-electron chi connectivity index (χ3n) is 2.57. The summed E-state index contributed by atoms with van der Waals surface area (Å²) < 4.78 is 16.2. The van der Waals surface area contributed by atoms with Crippen molar-refractivity contribution in [3.8, 4) is 0 Å². The molecule has 0 radical (unpaired) electrons. The fourth-order valence-electron chi connectivity index (χ4n) is 1.65. The van der Waals surface area contributed by atoms with E-state index < -0.39 is 31.0 Å². The highest BCUT2D eigenvalue weighted by Crippen LogP contribution is 2.15. The van der Waals surface area contributed by atoms with Crippen molar-refractivity contribution < 1.29 is 29.2 Å². The van der Waals surface area contributed by atoms with Crippen molar-refractivity contribution in [2.75, 3.05) is 26.4 Å². The topological polar surface area (TPSA) is 85.2 Å². The van der Waals surface area contributed by atoms with Crippen LogP contribution < -0.4 is 0 Å². The molecular formula is C15H24O6. The molecule has 21 heavy (non-hydrogen) atoms. The SMILES string of the molecule is C=CCO[C@@H]([C@H](OCC=C)[C@H](C=O)OCC=C)[C@H](O)CO. The molecule has 0 aliphatic carbocycles. The van der Waals surface area contributed by atoms with Gasteiger partial charge in [-0.1, -0.05) is 18.2 Å². The zero-order valence-electron chi connectivity index (χ0n) is 12.1. The van der Waals surface area contributed by atoms with Gasteiger partial charge in [-0.25, -0.2) is 0 Å². The lowest BCUT2D eigenvalue weighted by Crippen LogP contribution is -2.50. The second kappa shape index (κ2) is 12.4. The number of hydrogen-bond acceptors (Lipinski definition) is 6. The van der Waals surface area contributed by atoms with Gasteiger partial charge in [0.25, 0.3) is 0 Å². The van der Waals surface area contributed by atoms with Crippen LogP contribution in [-0.4, -0.2) is 67.3 Å². The standard InChI is InChI=1S/C15H24O6/c1-4-7-19-13(11-17)15(21-9-6-3)14(12(18)10-16)20-8-5-2/h4-6,11-16,18H,1-3,7-10H2/t12-,13+,14-,15-/m1/s1. The molecule has 0 bridgehead atoms. The molecule has 0 unspecified atom stereocenters. The second-order valence-electron chi connectivity index (χ2n) is 4.15. The Kier molecular flexibility index (Phi) is 11.7. The van der Waals surface area contributed by atoms with E-state index in [1.54, 1.807) is 0 Å². The van der Waals surface area contributed by atoms with E-state index >= 15 is 0 Å². The molecule has 0 saturated heterocycles. The van der Waals surface area contributed by atoms with E-state index in [0.717, 1.165) is 0 Å². The first kappa shape index (κ1) is 19.7. The third kappa shape index (κ3) is 7.31. The normalized spacial score (nSPS) is 16.5. The summed E-state index contributed by atoms with van der Waals surface area (Å²) in [7, 11) is 0. The predicted molar refractivity (Wildman–Crippen MR) is 79.0 cm³/mol. The molecule has 4 atom stereocenters. The van der Waals surface area contributed by atoms with Crippen molar-refractivity contribution in [3.63, 3.8) is 0 Å². The van der Waals surface area contributed by atoms with Crippen molar-refractivity contribution in [2.24, 2.45) is 0 Å². The highest BCUT2D eigenvalue weighted by molar-refractivity contribution is 5.57. The number of ether oxygens (including phenoxy) is 3. The minimum atomic E-state index is -1.23. The zero-order valence-corrected chi connectivity index (χ0v) is 12.1. The van der Waals surface area contributed by atoms with Gasteiger partial charge in [-0.05, 0) is 0 Å². The second-order valence-corrected chi connectivity index (χ2v) is 4.15. The zero-order chi connectivity index (χ0) is 16.1. The van der Waals surface area contributed by atoms with E-state index in [2.05, 4.69) is 19.7 Å². The molecule has 0 aliphatic heterocycles. The summed E-state index contributed by atoms with van der Waals surface area (Å²) in [5.74, 6) is 0. The minimum Gasteiger partial charge on any atom is -0.394 e. The number of aliphatic hydroxyl groups is 2. The minimum absolute atomic E-state index is 0.128. The fourth-order valence-corrected chi connectivity index (χ4v) is 1.65.